The van der Waals surface area contributed by atoms with Crippen LogP contribution in [0.3, 0.4) is 0 Å². The Hall–Kier alpha value is -1.58. The molecule has 0 aliphatic carbocycles. The van der Waals surface area contributed by atoms with Crippen LogP contribution < -0.4 is 16.2 Å². The number of anilines is 2. The van der Waals surface area contributed by atoms with E-state index in [1.54, 1.807) is 0 Å². The molecule has 3 nitrogen and oxygen atoms in total. The molecule has 0 unspecified atom stereocenters. The second-order valence-corrected chi connectivity index (χ2v) is 3.70. The molecular formula is C13H16Cl2N2O. The Morgan fingerprint density at radius 2 is 1.39 bits per heavy atom. The van der Waals surface area contributed by atoms with Gasteiger partial charge in [-0.1, -0.05) is 0 Å². The fourth-order valence-corrected chi connectivity index (χ4v) is 1.45. The van der Waals surface area contributed by atoms with Crippen LogP contribution in [0.5, 0.6) is 11.5 Å². The monoisotopic (exact) mass is 286 g/mol. The topological polar surface area (TPSA) is 61.3 Å². The van der Waals surface area contributed by atoms with Gasteiger partial charge in [-0.3, -0.25) is 0 Å². The van der Waals surface area contributed by atoms with Crippen LogP contribution in [-0.4, -0.2) is 0 Å². The van der Waals surface area contributed by atoms with Crippen molar-refractivity contribution >= 4 is 36.2 Å². The Kier molecular flexibility index (Phi) is 6.37. The summed E-state index contributed by atoms with van der Waals surface area (Å²) in [6.07, 6.45) is 0. The molecule has 0 heterocycles. The minimum absolute atomic E-state index is 0. The third kappa shape index (κ3) is 4.02. The molecule has 2 rings (SSSR count). The molecule has 0 bridgehead atoms. The SMILES string of the molecule is Cc1cc(N)ccc1Oc1ccc(N)cc1.Cl.Cl. The number of rotatable bonds is 2. The van der Waals surface area contributed by atoms with E-state index in [1.165, 1.54) is 0 Å². The normalized spacial score (nSPS) is 8.94. The summed E-state index contributed by atoms with van der Waals surface area (Å²) in [7, 11) is 0. The zero-order valence-electron chi connectivity index (χ0n) is 9.92. The summed E-state index contributed by atoms with van der Waals surface area (Å²) in [5, 5.41) is 0. The van der Waals surface area contributed by atoms with Crippen LogP contribution in [0.25, 0.3) is 0 Å². The molecule has 0 atom stereocenters. The van der Waals surface area contributed by atoms with Crippen LogP contribution in [0.1, 0.15) is 5.56 Å². The van der Waals surface area contributed by atoms with Gasteiger partial charge in [0.2, 0.25) is 0 Å². The summed E-state index contributed by atoms with van der Waals surface area (Å²) in [6.45, 7) is 1.96. The molecule has 0 aromatic heterocycles. The standard InChI is InChI=1S/C13H14N2O.2ClH/c1-9-8-11(15)4-7-13(9)16-12-5-2-10(14)3-6-12;;/h2-8H,14-15H2,1H3;2*1H. The zero-order chi connectivity index (χ0) is 11.5. The predicted octanol–water partition coefficient (Wildman–Crippen LogP) is 3.80. The first-order chi connectivity index (χ1) is 7.65. The summed E-state index contributed by atoms with van der Waals surface area (Å²) in [6, 6.07) is 12.9. The highest BCUT2D eigenvalue weighted by Gasteiger charge is 2.01. The molecule has 2 aromatic carbocycles. The largest absolute Gasteiger partial charge is 0.457 e. The van der Waals surface area contributed by atoms with Crippen molar-refractivity contribution in [2.24, 2.45) is 0 Å². The summed E-state index contributed by atoms with van der Waals surface area (Å²) in [4.78, 5) is 0. The lowest BCUT2D eigenvalue weighted by Gasteiger charge is -2.09. The average molecular weight is 287 g/mol. The van der Waals surface area contributed by atoms with Crippen molar-refractivity contribution in [1.82, 2.24) is 0 Å². The Labute approximate surface area is 119 Å². The molecule has 0 spiro atoms. The first-order valence-electron chi connectivity index (χ1n) is 5.04. The summed E-state index contributed by atoms with van der Waals surface area (Å²) in [5.41, 5.74) is 13.7. The van der Waals surface area contributed by atoms with Crippen LogP contribution >= 0.6 is 24.8 Å². The predicted molar refractivity (Wildman–Crippen MR) is 81.0 cm³/mol. The van der Waals surface area contributed by atoms with Gasteiger partial charge in [-0.25, -0.2) is 0 Å². The van der Waals surface area contributed by atoms with Gasteiger partial charge in [-0.05, 0) is 55.0 Å². The molecular weight excluding hydrogens is 271 g/mol. The molecule has 98 valence electrons. The van der Waals surface area contributed by atoms with E-state index in [0.717, 1.165) is 28.4 Å². The average Bonchev–Trinajstić information content (AvgIpc) is 2.25. The number of aryl methyl sites for hydroxylation is 1. The van der Waals surface area contributed by atoms with E-state index < -0.39 is 0 Å². The van der Waals surface area contributed by atoms with Crippen LogP contribution in [0.2, 0.25) is 0 Å². The number of nitrogen functional groups attached to an aromatic ring is 2. The highest BCUT2D eigenvalue weighted by molar-refractivity contribution is 5.85. The second kappa shape index (κ2) is 6.99. The maximum absolute atomic E-state index is 5.71. The Morgan fingerprint density at radius 1 is 0.833 bits per heavy atom. The van der Waals surface area contributed by atoms with E-state index in [0.29, 0.717) is 0 Å². The van der Waals surface area contributed by atoms with E-state index in [2.05, 4.69) is 0 Å². The highest BCUT2D eigenvalue weighted by atomic mass is 35.5. The lowest BCUT2D eigenvalue weighted by molar-refractivity contribution is 0.479. The molecule has 2 aromatic rings. The van der Waals surface area contributed by atoms with Gasteiger partial charge in [-0.2, -0.15) is 0 Å². The fourth-order valence-electron chi connectivity index (χ4n) is 1.45. The van der Waals surface area contributed by atoms with E-state index in [9.17, 15) is 0 Å². The van der Waals surface area contributed by atoms with E-state index in [-0.39, 0.29) is 24.8 Å². The van der Waals surface area contributed by atoms with Gasteiger partial charge in [-0.15, -0.1) is 24.8 Å². The Balaban J connectivity index is 0.00000144. The lowest BCUT2D eigenvalue weighted by Crippen LogP contribution is -1.91. The summed E-state index contributed by atoms with van der Waals surface area (Å²) >= 11 is 0. The van der Waals surface area contributed by atoms with Gasteiger partial charge in [0.15, 0.2) is 0 Å². The van der Waals surface area contributed by atoms with E-state index in [1.807, 2.05) is 49.4 Å². The van der Waals surface area contributed by atoms with Gasteiger partial charge < -0.3 is 16.2 Å². The molecule has 0 aliphatic rings. The summed E-state index contributed by atoms with van der Waals surface area (Å²) in [5.74, 6) is 1.57. The van der Waals surface area contributed by atoms with Crippen molar-refractivity contribution in [2.45, 2.75) is 6.92 Å². The Bertz CT molecular complexity index is 501. The molecule has 0 saturated carbocycles. The van der Waals surface area contributed by atoms with Gasteiger partial charge in [0.1, 0.15) is 11.5 Å². The van der Waals surface area contributed by atoms with Crippen LogP contribution in [0.15, 0.2) is 42.5 Å². The quantitative estimate of drug-likeness (QED) is 0.826. The molecule has 18 heavy (non-hydrogen) atoms. The van der Waals surface area contributed by atoms with Crippen LogP contribution in [0.4, 0.5) is 11.4 Å². The molecule has 0 aliphatic heterocycles. The summed E-state index contributed by atoms with van der Waals surface area (Å²) < 4.78 is 5.71. The zero-order valence-corrected chi connectivity index (χ0v) is 11.6. The molecule has 4 N–H and O–H groups in total. The number of hydrogen-bond donors (Lipinski definition) is 2. The van der Waals surface area contributed by atoms with Crippen molar-refractivity contribution in [1.29, 1.82) is 0 Å². The molecule has 0 saturated heterocycles. The van der Waals surface area contributed by atoms with Gasteiger partial charge in [0, 0.05) is 11.4 Å². The number of hydrogen-bond acceptors (Lipinski definition) is 3. The third-order valence-electron chi connectivity index (χ3n) is 2.31. The van der Waals surface area contributed by atoms with Crippen LogP contribution in [0, 0.1) is 6.92 Å². The third-order valence-corrected chi connectivity index (χ3v) is 2.31. The van der Waals surface area contributed by atoms with Crippen molar-refractivity contribution in [3.63, 3.8) is 0 Å². The molecule has 5 heteroatoms. The molecule has 0 amide bonds. The Morgan fingerprint density at radius 3 is 1.94 bits per heavy atom. The maximum atomic E-state index is 5.71. The first kappa shape index (κ1) is 16.4. The lowest BCUT2D eigenvalue weighted by atomic mass is 10.2. The number of nitrogens with two attached hydrogens (primary N) is 2. The smallest absolute Gasteiger partial charge is 0.130 e. The van der Waals surface area contributed by atoms with Gasteiger partial charge in [0.25, 0.3) is 0 Å². The number of halogens is 2. The number of benzene rings is 2. The first-order valence-corrected chi connectivity index (χ1v) is 5.04. The van der Waals surface area contributed by atoms with Crippen molar-refractivity contribution < 1.29 is 4.74 Å². The highest BCUT2D eigenvalue weighted by Crippen LogP contribution is 2.26. The van der Waals surface area contributed by atoms with Crippen molar-refractivity contribution in [3.05, 3.63) is 48.0 Å². The van der Waals surface area contributed by atoms with Crippen LogP contribution in [-0.2, 0) is 0 Å². The molecule has 0 fully saturated rings. The number of ether oxygens (including phenoxy) is 1. The van der Waals surface area contributed by atoms with Crippen molar-refractivity contribution in [3.8, 4) is 11.5 Å². The van der Waals surface area contributed by atoms with Gasteiger partial charge in [0.05, 0.1) is 0 Å². The van der Waals surface area contributed by atoms with E-state index >= 15 is 0 Å². The van der Waals surface area contributed by atoms with Gasteiger partial charge >= 0.3 is 0 Å². The minimum atomic E-state index is 0. The fraction of sp³-hybridized carbons (Fsp3) is 0.0769. The second-order valence-electron chi connectivity index (χ2n) is 3.70. The maximum Gasteiger partial charge on any atom is 0.130 e. The molecule has 0 radical (unpaired) electrons. The minimum Gasteiger partial charge on any atom is -0.457 e. The van der Waals surface area contributed by atoms with Crippen molar-refractivity contribution in [2.75, 3.05) is 11.5 Å². The van der Waals surface area contributed by atoms with E-state index in [4.69, 9.17) is 16.2 Å².